The molecule has 1 aromatic carbocycles. The zero-order chi connectivity index (χ0) is 26.8. The molecule has 36 heavy (non-hydrogen) atoms. The van der Waals surface area contributed by atoms with Crippen molar-refractivity contribution in [3.63, 3.8) is 0 Å². The Balaban J connectivity index is 1.99. The minimum atomic E-state index is -3.16. The number of rotatable bonds is 8. The number of aliphatic carboxylic acids is 1. The van der Waals surface area contributed by atoms with Gasteiger partial charge >= 0.3 is 12.6 Å². The van der Waals surface area contributed by atoms with E-state index in [1.54, 1.807) is 13.0 Å². The van der Waals surface area contributed by atoms with Crippen LogP contribution in [0.1, 0.15) is 63.1 Å². The molecule has 0 unspecified atom stereocenters. The third kappa shape index (κ3) is 5.84. The van der Waals surface area contributed by atoms with Crippen LogP contribution in [0.3, 0.4) is 0 Å². The van der Waals surface area contributed by atoms with Crippen LogP contribution in [-0.4, -0.2) is 40.7 Å². The first-order chi connectivity index (χ1) is 16.8. The molecule has 2 atom stereocenters. The maximum Gasteiger partial charge on any atom is 0.387 e. The SMILES string of the molecule is CCC[C@@]1(C(=O)O)C[C@@H](C(C)(C)C)CN(Cc2sc(-c3c(OC(F)F)ccc(C#N)c3F)nc2C)C1. The number of piperidine rings is 1. The monoisotopic (exact) mass is 523 g/mol. The second kappa shape index (κ2) is 10.8. The van der Waals surface area contributed by atoms with E-state index >= 15 is 4.39 Å². The largest absolute Gasteiger partial charge is 0.481 e. The summed E-state index contributed by atoms with van der Waals surface area (Å²) in [6.07, 6.45) is 1.92. The molecule has 0 spiro atoms. The Kier molecular flexibility index (Phi) is 8.36. The lowest BCUT2D eigenvalue weighted by Gasteiger charge is -2.48. The first kappa shape index (κ1) is 27.9. The average molecular weight is 524 g/mol. The average Bonchev–Trinajstić information content (AvgIpc) is 3.12. The summed E-state index contributed by atoms with van der Waals surface area (Å²) in [5, 5.41) is 19.5. The van der Waals surface area contributed by atoms with Gasteiger partial charge in [-0.25, -0.2) is 9.37 Å². The standard InChI is InChI=1S/C26H32F3N3O3S/c1-6-9-26(23(33)34)10-17(25(3,4)5)12-32(14-26)13-19-15(2)31-22(36-19)20-18(35-24(28)29)8-7-16(11-30)21(20)27/h7-8,17,24H,6,9-10,12-14H2,1-5H3,(H,33,34)/t17-,26-/m1/s1. The number of halogens is 3. The van der Waals surface area contributed by atoms with Crippen molar-refractivity contribution in [2.24, 2.45) is 16.7 Å². The first-order valence-corrected chi connectivity index (χ1v) is 12.7. The van der Waals surface area contributed by atoms with Crippen molar-refractivity contribution >= 4 is 17.3 Å². The molecule has 1 fully saturated rings. The molecule has 0 radical (unpaired) electrons. The summed E-state index contributed by atoms with van der Waals surface area (Å²) >= 11 is 1.14. The molecule has 0 aliphatic carbocycles. The van der Waals surface area contributed by atoms with E-state index in [2.05, 4.69) is 35.4 Å². The zero-order valence-electron chi connectivity index (χ0n) is 21.2. The Morgan fingerprint density at radius 1 is 1.42 bits per heavy atom. The van der Waals surface area contributed by atoms with Crippen molar-refractivity contribution in [2.75, 3.05) is 13.1 Å². The summed E-state index contributed by atoms with van der Waals surface area (Å²) in [6, 6.07) is 3.96. The maximum absolute atomic E-state index is 15.1. The van der Waals surface area contributed by atoms with Crippen molar-refractivity contribution < 1.29 is 27.8 Å². The van der Waals surface area contributed by atoms with Crippen molar-refractivity contribution in [1.82, 2.24) is 9.88 Å². The quantitative estimate of drug-likeness (QED) is 0.427. The summed E-state index contributed by atoms with van der Waals surface area (Å²) in [7, 11) is 0. The molecule has 2 heterocycles. The summed E-state index contributed by atoms with van der Waals surface area (Å²) < 4.78 is 45.5. The van der Waals surface area contributed by atoms with Crippen LogP contribution in [0.15, 0.2) is 12.1 Å². The number of hydrogen-bond acceptors (Lipinski definition) is 6. The van der Waals surface area contributed by atoms with Gasteiger partial charge in [0.15, 0.2) is 5.82 Å². The molecule has 196 valence electrons. The number of likely N-dealkylation sites (tertiary alicyclic amines) is 1. The minimum absolute atomic E-state index is 0.0939. The number of carboxylic acids is 1. The highest BCUT2D eigenvalue weighted by Gasteiger charge is 2.47. The number of aryl methyl sites for hydroxylation is 1. The number of hydrogen-bond donors (Lipinski definition) is 1. The van der Waals surface area contributed by atoms with Gasteiger partial charge in [0, 0.05) is 24.5 Å². The fraction of sp³-hybridized carbons (Fsp3) is 0.577. The van der Waals surface area contributed by atoms with Crippen LogP contribution in [0.2, 0.25) is 0 Å². The lowest BCUT2D eigenvalue weighted by molar-refractivity contribution is -0.156. The van der Waals surface area contributed by atoms with Crippen LogP contribution in [0, 0.1) is 40.8 Å². The van der Waals surface area contributed by atoms with Crippen LogP contribution in [0.25, 0.3) is 10.6 Å². The molecule has 1 N–H and O–H groups in total. The van der Waals surface area contributed by atoms with Gasteiger partial charge in [-0.05, 0) is 43.2 Å². The molecule has 0 bridgehead atoms. The van der Waals surface area contributed by atoms with Crippen molar-refractivity contribution in [2.45, 2.75) is 67.0 Å². The molecule has 3 rings (SSSR count). The van der Waals surface area contributed by atoms with Crippen molar-refractivity contribution in [3.8, 4) is 22.4 Å². The van der Waals surface area contributed by atoms with E-state index in [9.17, 15) is 23.9 Å². The molecular formula is C26H32F3N3O3S. The number of thiazole rings is 1. The highest BCUT2D eigenvalue weighted by molar-refractivity contribution is 7.15. The second-order valence-corrected chi connectivity index (χ2v) is 11.7. The van der Waals surface area contributed by atoms with E-state index in [1.165, 1.54) is 0 Å². The van der Waals surface area contributed by atoms with Crippen LogP contribution >= 0.6 is 11.3 Å². The van der Waals surface area contributed by atoms with Gasteiger partial charge in [0.2, 0.25) is 0 Å². The van der Waals surface area contributed by atoms with E-state index in [4.69, 9.17) is 0 Å². The molecule has 0 amide bonds. The molecule has 1 aliphatic heterocycles. The topological polar surface area (TPSA) is 86.5 Å². The summed E-state index contributed by atoms with van der Waals surface area (Å²) in [4.78, 5) is 19.8. The normalized spacial score (nSPS) is 20.9. The lowest BCUT2D eigenvalue weighted by atomic mass is 9.65. The van der Waals surface area contributed by atoms with Crippen LogP contribution in [0.4, 0.5) is 13.2 Å². The maximum atomic E-state index is 15.1. The zero-order valence-corrected chi connectivity index (χ0v) is 22.0. The second-order valence-electron chi connectivity index (χ2n) is 10.6. The van der Waals surface area contributed by atoms with Gasteiger partial charge < -0.3 is 9.84 Å². The van der Waals surface area contributed by atoms with Gasteiger partial charge in [-0.2, -0.15) is 14.0 Å². The van der Waals surface area contributed by atoms with Crippen molar-refractivity contribution in [1.29, 1.82) is 5.26 Å². The van der Waals surface area contributed by atoms with E-state index in [-0.39, 0.29) is 33.2 Å². The Morgan fingerprint density at radius 2 is 2.11 bits per heavy atom. The number of benzene rings is 1. The number of aromatic nitrogens is 1. The third-order valence-electron chi connectivity index (χ3n) is 6.96. The fourth-order valence-corrected chi connectivity index (χ4v) is 6.10. The van der Waals surface area contributed by atoms with Gasteiger partial charge in [0.05, 0.1) is 22.2 Å². The first-order valence-electron chi connectivity index (χ1n) is 11.9. The molecule has 0 saturated carbocycles. The van der Waals surface area contributed by atoms with Gasteiger partial charge in [-0.3, -0.25) is 9.69 Å². The Bertz CT molecular complexity index is 1160. The van der Waals surface area contributed by atoms with E-state index in [0.717, 1.165) is 34.8 Å². The van der Waals surface area contributed by atoms with Crippen molar-refractivity contribution in [3.05, 3.63) is 34.1 Å². The van der Waals surface area contributed by atoms with Gasteiger partial charge in [0.25, 0.3) is 0 Å². The summed E-state index contributed by atoms with van der Waals surface area (Å²) in [5.74, 6) is -2.00. The van der Waals surface area contributed by atoms with Crippen LogP contribution in [0.5, 0.6) is 5.75 Å². The van der Waals surface area contributed by atoms with Gasteiger partial charge in [0.1, 0.15) is 16.8 Å². The molecule has 2 aromatic rings. The highest BCUT2D eigenvalue weighted by Crippen LogP contribution is 2.45. The Hall–Kier alpha value is -2.64. The van der Waals surface area contributed by atoms with E-state index in [0.29, 0.717) is 38.2 Å². The number of nitrogens with zero attached hydrogens (tertiary/aromatic N) is 3. The predicted molar refractivity (Wildman–Crippen MR) is 131 cm³/mol. The molecule has 10 heteroatoms. The molecule has 1 aliphatic rings. The third-order valence-corrected chi connectivity index (χ3v) is 8.12. The van der Waals surface area contributed by atoms with Crippen LogP contribution in [-0.2, 0) is 11.3 Å². The Morgan fingerprint density at radius 3 is 2.67 bits per heavy atom. The van der Waals surface area contributed by atoms with Gasteiger partial charge in [-0.1, -0.05) is 34.1 Å². The molecule has 1 saturated heterocycles. The Labute approximate surface area is 213 Å². The van der Waals surface area contributed by atoms with E-state index < -0.39 is 23.8 Å². The summed E-state index contributed by atoms with van der Waals surface area (Å²) in [6.45, 7) is 8.40. The fourth-order valence-electron chi connectivity index (χ4n) is 4.95. The lowest BCUT2D eigenvalue weighted by Crippen LogP contribution is -2.53. The summed E-state index contributed by atoms with van der Waals surface area (Å²) in [5.41, 5.74) is -0.933. The smallest absolute Gasteiger partial charge is 0.387 e. The number of alkyl halides is 2. The molecule has 1 aromatic heterocycles. The highest BCUT2D eigenvalue weighted by atomic mass is 32.1. The van der Waals surface area contributed by atoms with Crippen LogP contribution < -0.4 is 4.74 Å². The van der Waals surface area contributed by atoms with E-state index in [1.807, 2.05) is 6.92 Å². The molecule has 6 nitrogen and oxygen atoms in total. The van der Waals surface area contributed by atoms with Gasteiger partial charge in [-0.15, -0.1) is 11.3 Å². The number of ether oxygens (including phenoxy) is 1. The molecular weight excluding hydrogens is 491 g/mol. The minimum Gasteiger partial charge on any atom is -0.481 e. The number of carbonyl (C=O) groups is 1. The number of nitriles is 1. The number of carboxylic acid groups (broad SMARTS) is 1. The predicted octanol–water partition coefficient (Wildman–Crippen LogP) is 6.47.